The first-order chi connectivity index (χ1) is 8.69. The Bertz CT molecular complexity index is 353. The van der Waals surface area contributed by atoms with Crippen LogP contribution in [0.5, 0.6) is 0 Å². The van der Waals surface area contributed by atoms with Gasteiger partial charge in [-0.15, -0.1) is 11.3 Å². The molecule has 0 saturated heterocycles. The second-order valence-electron chi connectivity index (χ2n) is 3.24. The molecule has 0 aliphatic heterocycles. The van der Waals surface area contributed by atoms with Gasteiger partial charge in [-0.05, 0) is 41.3 Å². The quantitative estimate of drug-likeness (QED) is 0.866. The Morgan fingerprint density at radius 2 is 2.11 bits per heavy atom. The van der Waals surface area contributed by atoms with Crippen LogP contribution in [0.4, 0.5) is 4.79 Å². The minimum absolute atomic E-state index is 0.337. The molecule has 0 aromatic carbocycles. The zero-order valence-electron chi connectivity index (χ0n) is 11.5. The van der Waals surface area contributed by atoms with Crippen LogP contribution in [0.3, 0.4) is 0 Å². The van der Waals surface area contributed by atoms with Crippen LogP contribution >= 0.6 is 27.3 Å². The summed E-state index contributed by atoms with van der Waals surface area (Å²) in [7, 11) is 0. The van der Waals surface area contributed by atoms with Crippen LogP contribution in [0, 0.1) is 0 Å². The van der Waals surface area contributed by atoms with Gasteiger partial charge in [0.25, 0.3) is 0 Å². The van der Waals surface area contributed by atoms with E-state index in [1.54, 1.807) is 18.3 Å². The number of ether oxygens (including phenoxy) is 1. The van der Waals surface area contributed by atoms with Crippen LogP contribution in [0.25, 0.3) is 0 Å². The van der Waals surface area contributed by atoms with Crippen molar-refractivity contribution in [2.75, 3.05) is 13.2 Å². The van der Waals surface area contributed by atoms with Crippen LogP contribution in [-0.4, -0.2) is 19.2 Å². The minimum Gasteiger partial charge on any atom is -0.450 e. The lowest BCUT2D eigenvalue weighted by Gasteiger charge is -2.05. The molecule has 0 bridgehead atoms. The van der Waals surface area contributed by atoms with Gasteiger partial charge in [0.2, 0.25) is 0 Å². The molecule has 1 amide bonds. The average Bonchev–Trinajstić information content (AvgIpc) is 2.73. The summed E-state index contributed by atoms with van der Waals surface area (Å²) in [6.45, 7) is 8.97. The van der Waals surface area contributed by atoms with E-state index in [4.69, 9.17) is 4.74 Å². The lowest BCUT2D eigenvalue weighted by molar-refractivity contribution is 0.152. The molecule has 0 aliphatic carbocycles. The maximum Gasteiger partial charge on any atom is 0.407 e. The molecule has 0 unspecified atom stereocenters. The fraction of sp³-hybridized carbons (Fsp3) is 0.615. The van der Waals surface area contributed by atoms with Gasteiger partial charge in [-0.3, -0.25) is 0 Å². The molecule has 1 N–H and O–H groups in total. The minimum atomic E-state index is -0.337. The molecule has 0 saturated carbocycles. The molecular weight excluding hydrogens is 314 g/mol. The van der Waals surface area contributed by atoms with Crippen molar-refractivity contribution in [1.82, 2.24) is 5.32 Å². The van der Waals surface area contributed by atoms with Crippen molar-refractivity contribution in [3.05, 3.63) is 20.3 Å². The van der Waals surface area contributed by atoms with E-state index in [1.807, 2.05) is 13.8 Å². The highest BCUT2D eigenvalue weighted by Crippen LogP contribution is 2.28. The summed E-state index contributed by atoms with van der Waals surface area (Å²) in [4.78, 5) is 12.4. The van der Waals surface area contributed by atoms with Gasteiger partial charge in [-0.2, -0.15) is 0 Å². The summed E-state index contributed by atoms with van der Waals surface area (Å²) in [6, 6.07) is 0. The van der Waals surface area contributed by atoms with Crippen molar-refractivity contribution in [2.24, 2.45) is 0 Å². The van der Waals surface area contributed by atoms with E-state index in [0.29, 0.717) is 13.2 Å². The van der Waals surface area contributed by atoms with E-state index in [0.717, 1.165) is 12.8 Å². The molecule has 3 nitrogen and oxygen atoms in total. The molecular formula is C13H22BrNO2S. The van der Waals surface area contributed by atoms with Gasteiger partial charge in [-0.1, -0.05) is 20.8 Å². The van der Waals surface area contributed by atoms with Crippen molar-refractivity contribution in [1.29, 1.82) is 0 Å². The summed E-state index contributed by atoms with van der Waals surface area (Å²) in [6.07, 6.45) is 1.54. The Morgan fingerprint density at radius 1 is 1.44 bits per heavy atom. The van der Waals surface area contributed by atoms with Crippen molar-refractivity contribution >= 4 is 33.4 Å². The standard InChI is InChI=1S/C11H16BrNO2S.C2H6/c1-3-8-9(12)7-16-10(8)5-6-13-11(14)15-4-2;1-2/h7H,3-6H2,1-2H3,(H,13,14);1-2H3. The molecule has 0 spiro atoms. The molecule has 104 valence electrons. The highest BCUT2D eigenvalue weighted by molar-refractivity contribution is 9.10. The Hall–Kier alpha value is -0.550. The van der Waals surface area contributed by atoms with Crippen LogP contribution in [-0.2, 0) is 17.6 Å². The van der Waals surface area contributed by atoms with Crippen LogP contribution in [0.15, 0.2) is 9.85 Å². The smallest absolute Gasteiger partial charge is 0.407 e. The average molecular weight is 336 g/mol. The van der Waals surface area contributed by atoms with Crippen molar-refractivity contribution in [3.8, 4) is 0 Å². The lowest BCUT2D eigenvalue weighted by atomic mass is 10.2. The van der Waals surface area contributed by atoms with Gasteiger partial charge in [0.1, 0.15) is 0 Å². The zero-order chi connectivity index (χ0) is 14.0. The van der Waals surface area contributed by atoms with Gasteiger partial charge in [0.15, 0.2) is 0 Å². The third-order valence-corrected chi connectivity index (χ3v) is 4.28. The van der Waals surface area contributed by atoms with E-state index < -0.39 is 0 Å². The molecule has 0 radical (unpaired) electrons. The molecule has 0 fully saturated rings. The molecule has 18 heavy (non-hydrogen) atoms. The third kappa shape index (κ3) is 5.87. The number of halogens is 1. The van der Waals surface area contributed by atoms with Gasteiger partial charge in [0, 0.05) is 21.3 Å². The molecule has 0 atom stereocenters. The number of hydrogen-bond acceptors (Lipinski definition) is 3. The van der Waals surface area contributed by atoms with Crippen LogP contribution in [0.1, 0.15) is 38.1 Å². The topological polar surface area (TPSA) is 38.3 Å². The SMILES string of the molecule is CC.CCOC(=O)NCCc1scc(Br)c1CC. The molecule has 1 heterocycles. The first kappa shape index (κ1) is 17.4. The van der Waals surface area contributed by atoms with Crippen LogP contribution < -0.4 is 5.32 Å². The number of amides is 1. The Morgan fingerprint density at radius 3 is 2.67 bits per heavy atom. The van der Waals surface area contributed by atoms with Gasteiger partial charge < -0.3 is 10.1 Å². The van der Waals surface area contributed by atoms with Gasteiger partial charge >= 0.3 is 6.09 Å². The predicted octanol–water partition coefficient (Wildman–Crippen LogP) is 4.39. The summed E-state index contributed by atoms with van der Waals surface area (Å²) >= 11 is 5.25. The zero-order valence-corrected chi connectivity index (χ0v) is 13.9. The summed E-state index contributed by atoms with van der Waals surface area (Å²) in [5.74, 6) is 0. The van der Waals surface area contributed by atoms with E-state index in [9.17, 15) is 4.79 Å². The molecule has 1 aromatic heterocycles. The summed E-state index contributed by atoms with van der Waals surface area (Å²) < 4.78 is 5.96. The van der Waals surface area contributed by atoms with E-state index >= 15 is 0 Å². The van der Waals surface area contributed by atoms with Crippen molar-refractivity contribution in [2.45, 2.75) is 40.5 Å². The Kier molecular flexibility index (Phi) is 10.1. The maximum atomic E-state index is 11.1. The number of rotatable bonds is 5. The lowest BCUT2D eigenvalue weighted by Crippen LogP contribution is -2.26. The molecule has 0 aliphatic rings. The fourth-order valence-corrected chi connectivity index (χ4v) is 3.37. The van der Waals surface area contributed by atoms with Crippen molar-refractivity contribution in [3.63, 3.8) is 0 Å². The molecule has 1 rings (SSSR count). The second kappa shape index (κ2) is 10.4. The van der Waals surface area contributed by atoms with E-state index in [-0.39, 0.29) is 6.09 Å². The van der Waals surface area contributed by atoms with E-state index in [2.05, 4.69) is 33.6 Å². The number of thiophene rings is 1. The third-order valence-electron chi connectivity index (χ3n) is 2.18. The first-order valence-electron chi connectivity index (χ1n) is 6.34. The molecule has 1 aromatic rings. The van der Waals surface area contributed by atoms with Crippen molar-refractivity contribution < 1.29 is 9.53 Å². The molecule has 5 heteroatoms. The summed E-state index contributed by atoms with van der Waals surface area (Å²) in [5.41, 5.74) is 1.34. The second-order valence-corrected chi connectivity index (χ2v) is 5.05. The Labute approximate surface area is 122 Å². The number of alkyl carbamates (subject to hydrolysis) is 1. The largest absolute Gasteiger partial charge is 0.450 e. The predicted molar refractivity (Wildman–Crippen MR) is 81.5 cm³/mol. The number of nitrogens with one attached hydrogen (secondary N) is 1. The number of carbonyl (C=O) groups is 1. The fourth-order valence-electron chi connectivity index (χ4n) is 1.43. The first-order valence-corrected chi connectivity index (χ1v) is 8.01. The normalized spacial score (nSPS) is 9.39. The number of hydrogen-bond donors (Lipinski definition) is 1. The summed E-state index contributed by atoms with van der Waals surface area (Å²) in [5, 5.41) is 4.82. The Balaban J connectivity index is 0.00000137. The van der Waals surface area contributed by atoms with E-state index in [1.165, 1.54) is 14.9 Å². The highest BCUT2D eigenvalue weighted by atomic mass is 79.9. The number of carbonyl (C=O) groups excluding carboxylic acids is 1. The monoisotopic (exact) mass is 335 g/mol. The van der Waals surface area contributed by atoms with Gasteiger partial charge in [0.05, 0.1) is 6.61 Å². The van der Waals surface area contributed by atoms with Crippen LogP contribution in [0.2, 0.25) is 0 Å². The highest BCUT2D eigenvalue weighted by Gasteiger charge is 2.08. The maximum absolute atomic E-state index is 11.1. The van der Waals surface area contributed by atoms with Gasteiger partial charge in [-0.25, -0.2) is 4.79 Å².